The van der Waals surface area contributed by atoms with Gasteiger partial charge >= 0.3 is 0 Å². The minimum absolute atomic E-state index is 0.000121. The molecule has 0 amide bonds. The molecule has 7 nitrogen and oxygen atoms in total. The monoisotopic (exact) mass is 297 g/mol. The van der Waals surface area contributed by atoms with Crippen LogP contribution in [0, 0.1) is 21.4 Å². The summed E-state index contributed by atoms with van der Waals surface area (Å²) in [6, 6.07) is 6.98. The van der Waals surface area contributed by atoms with Gasteiger partial charge in [-0.25, -0.2) is 4.98 Å². The molecule has 7 heteroatoms. The maximum atomic E-state index is 11.2. The summed E-state index contributed by atoms with van der Waals surface area (Å²) in [4.78, 5) is 16.9. The summed E-state index contributed by atoms with van der Waals surface area (Å²) in [7, 11) is 0. The van der Waals surface area contributed by atoms with Crippen LogP contribution in [0.25, 0.3) is 0 Å². The van der Waals surface area contributed by atoms with E-state index in [4.69, 9.17) is 5.26 Å². The van der Waals surface area contributed by atoms with Gasteiger partial charge in [0.1, 0.15) is 5.69 Å². The highest BCUT2D eigenvalue weighted by atomic mass is 16.6. The van der Waals surface area contributed by atoms with E-state index >= 15 is 0 Å². The van der Waals surface area contributed by atoms with E-state index in [-0.39, 0.29) is 5.69 Å². The number of anilines is 1. The predicted octanol–water partition coefficient (Wildman–Crippen LogP) is 2.50. The Morgan fingerprint density at radius 2 is 2.14 bits per heavy atom. The van der Waals surface area contributed by atoms with Crippen LogP contribution in [0.1, 0.15) is 24.4 Å². The van der Waals surface area contributed by atoms with Crippen LogP contribution in [-0.2, 0) is 0 Å². The van der Waals surface area contributed by atoms with E-state index in [0.29, 0.717) is 17.3 Å². The smallest absolute Gasteiger partial charge is 0.293 e. The Morgan fingerprint density at radius 1 is 1.36 bits per heavy atom. The van der Waals surface area contributed by atoms with Crippen LogP contribution in [0.2, 0.25) is 0 Å². The number of hydrogen-bond acceptors (Lipinski definition) is 5. The lowest BCUT2D eigenvalue weighted by atomic mass is 10.0. The van der Waals surface area contributed by atoms with Gasteiger partial charge in [-0.1, -0.05) is 0 Å². The van der Waals surface area contributed by atoms with Crippen molar-refractivity contribution in [2.75, 3.05) is 18.0 Å². The van der Waals surface area contributed by atoms with Crippen LogP contribution in [0.15, 0.2) is 36.9 Å². The van der Waals surface area contributed by atoms with Gasteiger partial charge in [-0.3, -0.25) is 10.1 Å². The Balaban J connectivity index is 1.79. The molecule has 1 aromatic heterocycles. The maximum absolute atomic E-state index is 11.2. The first-order chi connectivity index (χ1) is 10.7. The Morgan fingerprint density at radius 3 is 2.73 bits per heavy atom. The standard InChI is InChI=1S/C15H15N5O2/c16-10-12-1-2-14(15(9-12)20(21)22)18-6-3-13(4-7-18)19-8-5-17-11-19/h1-2,5,8-9,11,13H,3-4,6-7H2. The van der Waals surface area contributed by atoms with Crippen LogP contribution >= 0.6 is 0 Å². The van der Waals surface area contributed by atoms with E-state index in [1.165, 1.54) is 6.07 Å². The van der Waals surface area contributed by atoms with E-state index in [0.717, 1.165) is 25.9 Å². The minimum Gasteiger partial charge on any atom is -0.366 e. The highest BCUT2D eigenvalue weighted by Gasteiger charge is 2.25. The molecule has 1 aliphatic rings. The first-order valence-corrected chi connectivity index (χ1v) is 7.10. The second-order valence-electron chi connectivity index (χ2n) is 5.30. The van der Waals surface area contributed by atoms with E-state index in [1.54, 1.807) is 18.3 Å². The SMILES string of the molecule is N#Cc1ccc(N2CCC(n3ccnc3)CC2)c([N+](=O)[O-])c1. The molecule has 2 heterocycles. The highest BCUT2D eigenvalue weighted by molar-refractivity contribution is 5.65. The number of piperidine rings is 1. The predicted molar refractivity (Wildman–Crippen MR) is 80.5 cm³/mol. The van der Waals surface area contributed by atoms with Crippen molar-refractivity contribution < 1.29 is 4.92 Å². The summed E-state index contributed by atoms with van der Waals surface area (Å²) in [6.45, 7) is 1.49. The quantitative estimate of drug-likeness (QED) is 0.641. The Kier molecular flexibility index (Phi) is 3.74. The molecule has 0 bridgehead atoms. The van der Waals surface area contributed by atoms with E-state index in [9.17, 15) is 10.1 Å². The zero-order valence-corrected chi connectivity index (χ0v) is 11.9. The van der Waals surface area contributed by atoms with Gasteiger partial charge in [0.25, 0.3) is 5.69 Å². The third-order valence-electron chi connectivity index (χ3n) is 4.05. The Bertz CT molecular complexity index is 712. The van der Waals surface area contributed by atoms with Crippen LogP contribution in [0.5, 0.6) is 0 Å². The summed E-state index contributed by atoms with van der Waals surface area (Å²) in [6.07, 6.45) is 7.34. The molecule has 0 atom stereocenters. The molecule has 2 aromatic rings. The van der Waals surface area contributed by atoms with Crippen molar-refractivity contribution in [1.82, 2.24) is 9.55 Å². The molecule has 1 saturated heterocycles. The molecule has 0 spiro atoms. The van der Waals surface area contributed by atoms with Crippen molar-refractivity contribution in [1.29, 1.82) is 5.26 Å². The number of hydrogen-bond donors (Lipinski definition) is 0. The van der Waals surface area contributed by atoms with Crippen molar-refractivity contribution >= 4 is 11.4 Å². The third kappa shape index (κ3) is 2.63. The molecule has 1 aliphatic heterocycles. The molecule has 0 N–H and O–H groups in total. The van der Waals surface area contributed by atoms with Crippen LogP contribution in [-0.4, -0.2) is 27.6 Å². The van der Waals surface area contributed by atoms with Gasteiger partial charge < -0.3 is 9.47 Å². The molecule has 0 unspecified atom stereocenters. The molecule has 1 aromatic carbocycles. The lowest BCUT2D eigenvalue weighted by Gasteiger charge is -2.33. The second-order valence-corrected chi connectivity index (χ2v) is 5.30. The number of aromatic nitrogens is 2. The maximum Gasteiger partial charge on any atom is 0.293 e. The molecule has 0 aliphatic carbocycles. The number of nitriles is 1. The van der Waals surface area contributed by atoms with Crippen molar-refractivity contribution in [3.05, 3.63) is 52.6 Å². The number of nitro benzene ring substituents is 1. The van der Waals surface area contributed by atoms with Crippen LogP contribution in [0.4, 0.5) is 11.4 Å². The summed E-state index contributed by atoms with van der Waals surface area (Å²) in [5, 5.41) is 20.1. The fourth-order valence-electron chi connectivity index (χ4n) is 2.90. The van der Waals surface area contributed by atoms with Gasteiger partial charge in [-0.05, 0) is 25.0 Å². The molecule has 3 rings (SSSR count). The number of nitrogens with zero attached hydrogens (tertiary/aromatic N) is 5. The zero-order chi connectivity index (χ0) is 15.5. The summed E-state index contributed by atoms with van der Waals surface area (Å²) < 4.78 is 2.09. The molecular weight excluding hydrogens is 282 g/mol. The molecular formula is C15H15N5O2. The lowest BCUT2D eigenvalue weighted by molar-refractivity contribution is -0.384. The largest absolute Gasteiger partial charge is 0.366 e. The Hall–Kier alpha value is -2.88. The fourth-order valence-corrected chi connectivity index (χ4v) is 2.90. The summed E-state index contributed by atoms with van der Waals surface area (Å²) in [5.41, 5.74) is 0.900. The summed E-state index contributed by atoms with van der Waals surface area (Å²) >= 11 is 0. The van der Waals surface area contributed by atoms with Gasteiger partial charge in [0, 0.05) is 37.6 Å². The molecule has 22 heavy (non-hydrogen) atoms. The van der Waals surface area contributed by atoms with Crippen molar-refractivity contribution in [3.63, 3.8) is 0 Å². The number of nitro groups is 1. The van der Waals surface area contributed by atoms with E-state index in [1.807, 2.05) is 23.5 Å². The topological polar surface area (TPSA) is 88.0 Å². The Labute approximate surface area is 127 Å². The van der Waals surface area contributed by atoms with Gasteiger partial charge in [-0.15, -0.1) is 0 Å². The van der Waals surface area contributed by atoms with Crippen LogP contribution in [0.3, 0.4) is 0 Å². The van der Waals surface area contributed by atoms with E-state index < -0.39 is 4.92 Å². The van der Waals surface area contributed by atoms with Crippen molar-refractivity contribution in [2.45, 2.75) is 18.9 Å². The molecule has 1 fully saturated rings. The lowest BCUT2D eigenvalue weighted by Crippen LogP contribution is -2.34. The average Bonchev–Trinajstić information content (AvgIpc) is 3.09. The molecule has 0 radical (unpaired) electrons. The normalized spacial score (nSPS) is 15.5. The van der Waals surface area contributed by atoms with Crippen molar-refractivity contribution in [3.8, 4) is 6.07 Å². The zero-order valence-electron chi connectivity index (χ0n) is 11.9. The first-order valence-electron chi connectivity index (χ1n) is 7.10. The van der Waals surface area contributed by atoms with Crippen molar-refractivity contribution in [2.24, 2.45) is 0 Å². The minimum atomic E-state index is -0.419. The molecule has 0 saturated carbocycles. The second kappa shape index (κ2) is 5.85. The van der Waals surface area contributed by atoms with Gasteiger partial charge in [0.05, 0.1) is 22.9 Å². The van der Waals surface area contributed by atoms with Gasteiger partial charge in [0.15, 0.2) is 0 Å². The number of imidazole rings is 1. The summed E-state index contributed by atoms with van der Waals surface area (Å²) in [5.74, 6) is 0. The van der Waals surface area contributed by atoms with E-state index in [2.05, 4.69) is 9.55 Å². The third-order valence-corrected chi connectivity index (χ3v) is 4.05. The van der Waals surface area contributed by atoms with Gasteiger partial charge in [-0.2, -0.15) is 5.26 Å². The first kappa shape index (κ1) is 14.1. The molecule has 112 valence electrons. The highest BCUT2D eigenvalue weighted by Crippen LogP contribution is 2.33. The number of benzene rings is 1. The average molecular weight is 297 g/mol. The van der Waals surface area contributed by atoms with Gasteiger partial charge in [0.2, 0.25) is 0 Å². The fraction of sp³-hybridized carbons (Fsp3) is 0.333. The van der Waals surface area contributed by atoms with Crippen LogP contribution < -0.4 is 4.90 Å². The number of rotatable bonds is 3.